The van der Waals surface area contributed by atoms with Crippen LogP contribution in [0.5, 0.6) is 0 Å². The van der Waals surface area contributed by atoms with Crippen molar-refractivity contribution >= 4 is 57.7 Å². The highest BCUT2D eigenvalue weighted by atomic mass is 32.2. The molecule has 2 N–H and O–H groups in total. The molecule has 2 aromatic heterocycles. The zero-order valence-electron chi connectivity index (χ0n) is 25.7. The van der Waals surface area contributed by atoms with Crippen molar-refractivity contribution < 1.29 is 28.7 Å². The van der Waals surface area contributed by atoms with E-state index in [0.717, 1.165) is 22.5 Å². The molecule has 2 atom stereocenters. The maximum atomic E-state index is 14.3. The van der Waals surface area contributed by atoms with Gasteiger partial charge < -0.3 is 14.8 Å². The van der Waals surface area contributed by atoms with E-state index in [2.05, 4.69) is 20.6 Å². The van der Waals surface area contributed by atoms with Gasteiger partial charge in [-0.3, -0.25) is 24.8 Å². The van der Waals surface area contributed by atoms with Gasteiger partial charge in [0.05, 0.1) is 4.88 Å². The minimum atomic E-state index is -0.895. The number of fused-ring (bicyclic) bond motifs is 1. The Morgan fingerprint density at radius 3 is 2.21 bits per heavy atom. The summed E-state index contributed by atoms with van der Waals surface area (Å²) in [6.45, 7) is 5.20. The highest BCUT2D eigenvalue weighted by molar-refractivity contribution is 8.00. The minimum Gasteiger partial charge on any atom is -0.448 e. The summed E-state index contributed by atoms with van der Waals surface area (Å²) in [7, 11) is 0. The van der Waals surface area contributed by atoms with Gasteiger partial charge in [0.1, 0.15) is 28.4 Å². The molecule has 4 heterocycles. The van der Waals surface area contributed by atoms with E-state index in [1.54, 1.807) is 45.2 Å². The molecule has 1 saturated heterocycles. The molecule has 1 fully saturated rings. The summed E-state index contributed by atoms with van der Waals surface area (Å²) < 4.78 is 11.6. The highest BCUT2D eigenvalue weighted by Crippen LogP contribution is 2.45. The fourth-order valence-electron chi connectivity index (χ4n) is 5.11. The van der Waals surface area contributed by atoms with E-state index in [0.29, 0.717) is 21.3 Å². The molecule has 13 heteroatoms. The van der Waals surface area contributed by atoms with Crippen LogP contribution in [0.4, 0.5) is 9.93 Å². The third kappa shape index (κ3) is 7.05. The van der Waals surface area contributed by atoms with Crippen molar-refractivity contribution in [1.29, 1.82) is 0 Å². The fourth-order valence-corrected chi connectivity index (χ4v) is 7.42. The summed E-state index contributed by atoms with van der Waals surface area (Å²) >= 11 is 2.56. The summed E-state index contributed by atoms with van der Waals surface area (Å²) in [6.07, 6.45) is 1.59. The van der Waals surface area contributed by atoms with Crippen LogP contribution in [0, 0.1) is 0 Å². The van der Waals surface area contributed by atoms with Gasteiger partial charge in [-0.1, -0.05) is 78.1 Å². The average molecular weight is 670 g/mol. The van der Waals surface area contributed by atoms with Crippen LogP contribution >= 0.6 is 23.1 Å². The molecule has 6 rings (SSSR count). The lowest BCUT2D eigenvalue weighted by molar-refractivity contribution is -0.153. The number of ether oxygens (including phenoxy) is 2. The predicted octanol–water partition coefficient (Wildman–Crippen LogP) is 5.64. The van der Waals surface area contributed by atoms with E-state index in [4.69, 9.17) is 9.47 Å². The second-order valence-electron chi connectivity index (χ2n) is 11.7. The monoisotopic (exact) mass is 669 g/mol. The van der Waals surface area contributed by atoms with Gasteiger partial charge in [0.25, 0.3) is 11.8 Å². The highest BCUT2D eigenvalue weighted by Gasteiger charge is 2.55. The lowest BCUT2D eigenvalue weighted by Gasteiger charge is -2.49. The second-order valence-corrected chi connectivity index (χ2v) is 13.8. The number of benzene rings is 2. The number of esters is 1. The fraction of sp³-hybridized carbons (Fsp3) is 0.235. The zero-order chi connectivity index (χ0) is 33.1. The van der Waals surface area contributed by atoms with Crippen molar-refractivity contribution in [2.45, 2.75) is 43.9 Å². The Hall–Kier alpha value is -5.01. The lowest BCUT2D eigenvalue weighted by Crippen LogP contribution is -2.70. The van der Waals surface area contributed by atoms with Crippen molar-refractivity contribution in [2.75, 3.05) is 11.1 Å². The number of thioether (sulfide) groups is 1. The molecule has 2 unspecified atom stereocenters. The average Bonchev–Trinajstić information content (AvgIpc) is 3.53. The molecule has 47 heavy (non-hydrogen) atoms. The number of anilines is 1. The first kappa shape index (κ1) is 32.0. The number of hydrogen-bond acceptors (Lipinski definition) is 10. The molecule has 2 aliphatic rings. The zero-order valence-corrected chi connectivity index (χ0v) is 27.3. The number of nitrogens with zero attached hydrogens (tertiary/aromatic N) is 3. The van der Waals surface area contributed by atoms with Crippen molar-refractivity contribution in [3.8, 4) is 0 Å². The van der Waals surface area contributed by atoms with Crippen molar-refractivity contribution in [3.05, 3.63) is 119 Å². The smallest absolute Gasteiger partial charge is 0.408 e. The number of hydrogen-bond donors (Lipinski definition) is 2. The van der Waals surface area contributed by atoms with Gasteiger partial charge in [0, 0.05) is 23.7 Å². The van der Waals surface area contributed by atoms with Gasteiger partial charge in [-0.25, -0.2) is 14.6 Å². The summed E-state index contributed by atoms with van der Waals surface area (Å²) in [5.74, 6) is -1.30. The molecule has 4 aromatic rings. The van der Waals surface area contributed by atoms with Crippen LogP contribution in [-0.2, 0) is 19.1 Å². The van der Waals surface area contributed by atoms with Gasteiger partial charge in [-0.2, -0.15) is 0 Å². The Balaban J connectivity index is 1.33. The van der Waals surface area contributed by atoms with Crippen LogP contribution < -0.4 is 10.6 Å². The molecule has 2 aromatic carbocycles. The first-order chi connectivity index (χ1) is 22.6. The summed E-state index contributed by atoms with van der Waals surface area (Å²) in [4.78, 5) is 63.6. The minimum absolute atomic E-state index is 0.0594. The lowest BCUT2D eigenvalue weighted by atomic mass is 10.0. The molecule has 0 bridgehead atoms. The number of carbonyl (C=O) groups is 4. The number of rotatable bonds is 8. The number of thiazole rings is 1. The van der Waals surface area contributed by atoms with Crippen LogP contribution in [0.3, 0.4) is 0 Å². The Kier molecular flexibility index (Phi) is 9.10. The van der Waals surface area contributed by atoms with E-state index >= 15 is 0 Å². The van der Waals surface area contributed by atoms with Crippen LogP contribution in [0.25, 0.3) is 5.57 Å². The van der Waals surface area contributed by atoms with Crippen LogP contribution in [0.15, 0.2) is 97.0 Å². The molecule has 3 amide bonds. The molecule has 240 valence electrons. The summed E-state index contributed by atoms with van der Waals surface area (Å²) in [5.41, 5.74) is 1.57. The van der Waals surface area contributed by atoms with E-state index in [1.165, 1.54) is 22.9 Å². The van der Waals surface area contributed by atoms with Gasteiger partial charge in [-0.15, -0.1) is 11.8 Å². The number of aromatic nitrogens is 2. The number of alkyl carbamates (subject to hydrolysis) is 1. The molecule has 0 radical (unpaired) electrons. The molecule has 0 saturated carbocycles. The van der Waals surface area contributed by atoms with E-state index in [-0.39, 0.29) is 11.4 Å². The maximum Gasteiger partial charge on any atom is 0.408 e. The molecular formula is C34H31N5O6S2. The topological polar surface area (TPSA) is 140 Å². The molecule has 0 spiro atoms. The first-order valence-corrected chi connectivity index (χ1v) is 16.6. The van der Waals surface area contributed by atoms with Crippen LogP contribution in [-0.4, -0.2) is 61.5 Å². The van der Waals surface area contributed by atoms with Crippen molar-refractivity contribution in [3.63, 3.8) is 0 Å². The van der Waals surface area contributed by atoms with Gasteiger partial charge in [0.15, 0.2) is 11.2 Å². The van der Waals surface area contributed by atoms with Crippen molar-refractivity contribution in [1.82, 2.24) is 20.2 Å². The van der Waals surface area contributed by atoms with Crippen molar-refractivity contribution in [2.24, 2.45) is 0 Å². The van der Waals surface area contributed by atoms with E-state index < -0.39 is 47.0 Å². The summed E-state index contributed by atoms with van der Waals surface area (Å²) in [6, 6.07) is 22.8. The maximum absolute atomic E-state index is 14.3. The number of carbonyl (C=O) groups excluding carboxylic acids is 4. The largest absolute Gasteiger partial charge is 0.448 e. The Labute approximate surface area is 279 Å². The number of pyridine rings is 1. The van der Waals surface area contributed by atoms with Gasteiger partial charge in [-0.05, 0) is 44.0 Å². The Morgan fingerprint density at radius 1 is 0.936 bits per heavy atom. The second kappa shape index (κ2) is 13.4. The van der Waals surface area contributed by atoms with Gasteiger partial charge in [0.2, 0.25) is 0 Å². The van der Waals surface area contributed by atoms with Crippen LogP contribution in [0.1, 0.15) is 53.4 Å². The number of nitrogens with one attached hydrogen (secondary N) is 2. The normalized spacial score (nSPS) is 17.4. The molecular weight excluding hydrogens is 639 g/mol. The third-order valence-corrected chi connectivity index (χ3v) is 9.44. The standard InChI is InChI=1S/C34H31N5O6S2/c1-34(2,3)45-33(43)37-25-29(41)39-26(31(42)44-27(20-12-6-4-7-13-20)21-14-8-5-9-15-21)22(19-46-30(25)39)24-18-36-32(47-24)38-28(40)23-16-10-11-17-35-23/h4-18,25,27,30H,19H2,1-3H3,(H,37,43)(H,36,38,40). The quantitative estimate of drug-likeness (QED) is 0.180. The van der Waals surface area contributed by atoms with Gasteiger partial charge >= 0.3 is 12.1 Å². The molecule has 2 aliphatic heterocycles. The molecule has 0 aliphatic carbocycles. The van der Waals surface area contributed by atoms with E-state index in [1.807, 2.05) is 60.7 Å². The summed E-state index contributed by atoms with van der Waals surface area (Å²) in [5, 5.41) is 5.14. The Morgan fingerprint density at radius 2 is 1.60 bits per heavy atom. The third-order valence-electron chi connectivity index (χ3n) is 7.18. The Bertz CT molecular complexity index is 1790. The SMILES string of the molecule is CC(C)(C)OC(=O)NC1C(=O)N2C(C(=O)OC(c3ccccc3)c3ccccc3)=C(c3cnc(NC(=O)c4ccccn4)s3)CSC12. The predicted molar refractivity (Wildman–Crippen MR) is 178 cm³/mol. The number of amides is 3. The number of β-lactam (4-membered cyclic amide) rings is 1. The van der Waals surface area contributed by atoms with E-state index in [9.17, 15) is 19.2 Å². The van der Waals surface area contributed by atoms with Crippen LogP contribution in [0.2, 0.25) is 0 Å². The molecule has 11 nitrogen and oxygen atoms in total. The first-order valence-electron chi connectivity index (χ1n) is 14.8.